The highest BCUT2D eigenvalue weighted by atomic mass is 16.5. The number of ether oxygens (including phenoxy) is 1. The molecule has 2 unspecified atom stereocenters. The number of carboxylic acids is 1. The van der Waals surface area contributed by atoms with Crippen molar-refractivity contribution in [2.24, 2.45) is 7.05 Å². The first kappa shape index (κ1) is 13.5. The van der Waals surface area contributed by atoms with Gasteiger partial charge in [-0.3, -0.25) is 9.48 Å². The van der Waals surface area contributed by atoms with E-state index in [0.717, 1.165) is 6.42 Å². The average Bonchev–Trinajstić information content (AvgIpc) is 2.95. The third-order valence-corrected chi connectivity index (χ3v) is 3.28. The van der Waals surface area contributed by atoms with Gasteiger partial charge in [-0.1, -0.05) is 0 Å². The molecule has 1 amide bonds. The van der Waals surface area contributed by atoms with Gasteiger partial charge >= 0.3 is 5.97 Å². The largest absolute Gasteiger partial charge is 0.479 e. The molecule has 1 aromatic rings. The van der Waals surface area contributed by atoms with Crippen molar-refractivity contribution in [1.82, 2.24) is 15.1 Å². The summed E-state index contributed by atoms with van der Waals surface area (Å²) in [5, 5.41) is 15.6. The van der Waals surface area contributed by atoms with E-state index in [1.807, 2.05) is 0 Å². The van der Waals surface area contributed by atoms with Crippen LogP contribution in [0, 0.1) is 0 Å². The van der Waals surface area contributed by atoms with Gasteiger partial charge in [-0.05, 0) is 19.8 Å². The molecule has 0 saturated carbocycles. The maximum absolute atomic E-state index is 12.1. The summed E-state index contributed by atoms with van der Waals surface area (Å²) < 4.78 is 6.89. The van der Waals surface area contributed by atoms with Gasteiger partial charge in [0.25, 0.3) is 5.91 Å². The monoisotopic (exact) mass is 267 g/mol. The highest BCUT2D eigenvalue weighted by Crippen LogP contribution is 2.26. The standard InChI is InChI=1S/C12H17N3O4/c1-12(4-3-5-19-12)11(18)14-9(10(16)17)8-6-13-15(2)7-8/h6-7,9H,3-5H2,1-2H3,(H,14,18)(H,16,17). The lowest BCUT2D eigenvalue weighted by Crippen LogP contribution is -2.47. The minimum absolute atomic E-state index is 0.402. The molecule has 2 heterocycles. The Morgan fingerprint density at radius 2 is 2.37 bits per heavy atom. The highest BCUT2D eigenvalue weighted by Gasteiger charge is 2.39. The van der Waals surface area contributed by atoms with Gasteiger partial charge in [0.2, 0.25) is 0 Å². The predicted molar refractivity (Wildman–Crippen MR) is 65.3 cm³/mol. The molecule has 19 heavy (non-hydrogen) atoms. The van der Waals surface area contributed by atoms with E-state index >= 15 is 0 Å². The van der Waals surface area contributed by atoms with Crippen molar-refractivity contribution in [3.63, 3.8) is 0 Å². The van der Waals surface area contributed by atoms with Crippen molar-refractivity contribution in [2.45, 2.75) is 31.4 Å². The van der Waals surface area contributed by atoms with E-state index in [-0.39, 0.29) is 0 Å². The van der Waals surface area contributed by atoms with E-state index in [2.05, 4.69) is 10.4 Å². The Labute approximate surface area is 110 Å². The fourth-order valence-electron chi connectivity index (χ4n) is 2.12. The third-order valence-electron chi connectivity index (χ3n) is 3.28. The fraction of sp³-hybridized carbons (Fsp3) is 0.583. The maximum Gasteiger partial charge on any atom is 0.331 e. The van der Waals surface area contributed by atoms with E-state index in [1.165, 1.54) is 10.9 Å². The van der Waals surface area contributed by atoms with Crippen LogP contribution in [0.5, 0.6) is 0 Å². The molecular weight excluding hydrogens is 250 g/mol. The van der Waals surface area contributed by atoms with Crippen LogP contribution in [0.4, 0.5) is 0 Å². The molecule has 0 radical (unpaired) electrons. The van der Waals surface area contributed by atoms with E-state index in [1.54, 1.807) is 20.2 Å². The summed E-state index contributed by atoms with van der Waals surface area (Å²) in [6, 6.07) is -1.11. The Kier molecular flexibility index (Phi) is 3.57. The summed E-state index contributed by atoms with van der Waals surface area (Å²) in [7, 11) is 1.69. The van der Waals surface area contributed by atoms with Crippen molar-refractivity contribution in [3.8, 4) is 0 Å². The number of nitrogens with one attached hydrogen (secondary N) is 1. The molecule has 1 saturated heterocycles. The Morgan fingerprint density at radius 3 is 2.84 bits per heavy atom. The summed E-state index contributed by atoms with van der Waals surface area (Å²) in [6.45, 7) is 2.20. The number of carboxylic acid groups (broad SMARTS) is 1. The van der Waals surface area contributed by atoms with Crippen LogP contribution >= 0.6 is 0 Å². The zero-order chi connectivity index (χ0) is 14.0. The van der Waals surface area contributed by atoms with Gasteiger partial charge in [-0.15, -0.1) is 0 Å². The second-order valence-corrected chi connectivity index (χ2v) is 4.87. The molecule has 2 N–H and O–H groups in total. The van der Waals surface area contributed by atoms with Crippen LogP contribution in [-0.4, -0.2) is 39.0 Å². The molecular formula is C12H17N3O4. The molecule has 1 aliphatic rings. The zero-order valence-electron chi connectivity index (χ0n) is 10.9. The second-order valence-electron chi connectivity index (χ2n) is 4.87. The number of hydrogen-bond donors (Lipinski definition) is 2. The summed E-state index contributed by atoms with van der Waals surface area (Å²) in [5.41, 5.74) is -0.499. The Morgan fingerprint density at radius 1 is 1.63 bits per heavy atom. The van der Waals surface area contributed by atoms with Crippen molar-refractivity contribution in [2.75, 3.05) is 6.61 Å². The number of aliphatic carboxylic acids is 1. The van der Waals surface area contributed by atoms with Crippen molar-refractivity contribution < 1.29 is 19.4 Å². The van der Waals surface area contributed by atoms with Crippen molar-refractivity contribution in [1.29, 1.82) is 0 Å². The lowest BCUT2D eigenvalue weighted by atomic mass is 10.0. The summed E-state index contributed by atoms with van der Waals surface area (Å²) in [6.07, 6.45) is 4.39. The van der Waals surface area contributed by atoms with Gasteiger partial charge in [-0.25, -0.2) is 4.79 Å². The molecule has 1 aliphatic heterocycles. The van der Waals surface area contributed by atoms with Crippen molar-refractivity contribution >= 4 is 11.9 Å². The fourth-order valence-corrected chi connectivity index (χ4v) is 2.12. The average molecular weight is 267 g/mol. The molecule has 2 rings (SSSR count). The molecule has 0 bridgehead atoms. The smallest absolute Gasteiger partial charge is 0.331 e. The first-order chi connectivity index (χ1) is 8.92. The Balaban J connectivity index is 2.13. The summed E-state index contributed by atoms with van der Waals surface area (Å²) >= 11 is 0. The lowest BCUT2D eigenvalue weighted by Gasteiger charge is -2.24. The van der Waals surface area contributed by atoms with Crippen LogP contribution in [0.25, 0.3) is 0 Å². The number of nitrogens with zero attached hydrogens (tertiary/aromatic N) is 2. The molecule has 1 aromatic heterocycles. The Hall–Kier alpha value is -1.89. The molecule has 7 nitrogen and oxygen atoms in total. The van der Waals surface area contributed by atoms with Crippen LogP contribution in [0.15, 0.2) is 12.4 Å². The summed E-state index contributed by atoms with van der Waals surface area (Å²) in [5.74, 6) is -1.52. The SMILES string of the molecule is Cn1cc(C(NC(=O)C2(C)CCCO2)C(=O)O)cn1. The number of rotatable bonds is 4. The zero-order valence-corrected chi connectivity index (χ0v) is 10.9. The van der Waals surface area contributed by atoms with Crippen LogP contribution in [-0.2, 0) is 21.4 Å². The molecule has 0 aliphatic carbocycles. The van der Waals surface area contributed by atoms with Gasteiger partial charge in [0.1, 0.15) is 5.60 Å². The third kappa shape index (κ3) is 2.76. The van der Waals surface area contributed by atoms with Crippen LogP contribution in [0.2, 0.25) is 0 Å². The van der Waals surface area contributed by atoms with Gasteiger partial charge in [-0.2, -0.15) is 5.10 Å². The number of aromatic nitrogens is 2. The minimum atomic E-state index is -1.12. The second kappa shape index (κ2) is 5.00. The molecule has 1 fully saturated rings. The number of carbonyl (C=O) groups excluding carboxylic acids is 1. The minimum Gasteiger partial charge on any atom is -0.479 e. The topological polar surface area (TPSA) is 93.5 Å². The summed E-state index contributed by atoms with van der Waals surface area (Å²) in [4.78, 5) is 23.4. The lowest BCUT2D eigenvalue weighted by molar-refractivity contribution is -0.147. The van der Waals surface area contributed by atoms with E-state index < -0.39 is 23.5 Å². The van der Waals surface area contributed by atoms with Crippen molar-refractivity contribution in [3.05, 3.63) is 18.0 Å². The van der Waals surface area contributed by atoms with Crippen LogP contribution in [0.1, 0.15) is 31.4 Å². The molecule has 104 valence electrons. The van der Waals surface area contributed by atoms with Crippen LogP contribution in [0.3, 0.4) is 0 Å². The molecule has 7 heteroatoms. The predicted octanol–water partition coefficient (Wildman–Crippen LogP) is 0.231. The van der Waals surface area contributed by atoms with Crippen LogP contribution < -0.4 is 5.32 Å². The van der Waals surface area contributed by atoms with Gasteiger partial charge in [0.15, 0.2) is 6.04 Å². The number of carbonyl (C=O) groups is 2. The van der Waals surface area contributed by atoms with Gasteiger partial charge < -0.3 is 15.2 Å². The van der Waals surface area contributed by atoms with Gasteiger partial charge in [0, 0.05) is 25.4 Å². The van der Waals surface area contributed by atoms with E-state index in [0.29, 0.717) is 18.6 Å². The molecule has 2 atom stereocenters. The number of amides is 1. The van der Waals surface area contributed by atoms with E-state index in [9.17, 15) is 14.7 Å². The van der Waals surface area contributed by atoms with E-state index in [4.69, 9.17) is 4.74 Å². The molecule has 0 spiro atoms. The number of hydrogen-bond acceptors (Lipinski definition) is 4. The first-order valence-corrected chi connectivity index (χ1v) is 6.09. The molecule has 0 aromatic carbocycles. The Bertz CT molecular complexity index is 491. The number of aryl methyl sites for hydroxylation is 1. The van der Waals surface area contributed by atoms with Gasteiger partial charge in [0.05, 0.1) is 6.20 Å². The highest BCUT2D eigenvalue weighted by molar-refractivity contribution is 5.89. The first-order valence-electron chi connectivity index (χ1n) is 6.09. The maximum atomic E-state index is 12.1. The normalized spacial score (nSPS) is 24.1. The quantitative estimate of drug-likeness (QED) is 0.814.